The highest BCUT2D eigenvalue weighted by atomic mass is 15.1. The Morgan fingerprint density at radius 3 is 1.31 bits per heavy atom. The largest absolute Gasteiger partial charge is 0.310 e. The average molecular weight is 665 g/mol. The second-order valence-corrected chi connectivity index (χ2v) is 13.1. The summed E-state index contributed by atoms with van der Waals surface area (Å²) in [4.78, 5) is 2.37. The molecule has 1 aromatic heterocycles. The molecule has 8 aromatic carbocycles. The molecule has 0 amide bonds. The van der Waals surface area contributed by atoms with Crippen molar-refractivity contribution in [2.75, 3.05) is 4.90 Å². The Balaban J connectivity index is 1.23. The van der Waals surface area contributed by atoms with Crippen LogP contribution in [0.15, 0.2) is 207 Å². The molecule has 9 aromatic rings. The first-order chi connectivity index (χ1) is 25.7. The lowest BCUT2D eigenvalue weighted by Crippen LogP contribution is -2.10. The molecule has 2 heteroatoms. The van der Waals surface area contributed by atoms with Crippen LogP contribution in [0.3, 0.4) is 0 Å². The third-order valence-corrected chi connectivity index (χ3v) is 9.97. The lowest BCUT2D eigenvalue weighted by atomic mass is 10.0. The quantitative estimate of drug-likeness (QED) is 0.157. The normalized spacial score (nSPS) is 11.2. The number of para-hydroxylation sites is 1. The smallest absolute Gasteiger partial charge is 0.0542 e. The van der Waals surface area contributed by atoms with E-state index >= 15 is 0 Å². The van der Waals surface area contributed by atoms with Crippen molar-refractivity contribution in [2.45, 2.75) is 0 Å². The predicted molar refractivity (Wildman–Crippen MR) is 222 cm³/mol. The van der Waals surface area contributed by atoms with Crippen LogP contribution in [0.4, 0.5) is 17.1 Å². The van der Waals surface area contributed by atoms with Crippen LogP contribution < -0.4 is 4.90 Å². The number of anilines is 3. The van der Waals surface area contributed by atoms with Crippen LogP contribution in [-0.2, 0) is 0 Å². The van der Waals surface area contributed by atoms with Crippen molar-refractivity contribution < 1.29 is 0 Å². The van der Waals surface area contributed by atoms with Crippen LogP contribution in [0.1, 0.15) is 5.56 Å². The zero-order valence-corrected chi connectivity index (χ0v) is 28.7. The monoisotopic (exact) mass is 664 g/mol. The van der Waals surface area contributed by atoms with Gasteiger partial charge in [0.25, 0.3) is 0 Å². The van der Waals surface area contributed by atoms with Gasteiger partial charge in [-0.15, -0.1) is 0 Å². The Morgan fingerprint density at radius 2 is 0.769 bits per heavy atom. The molecule has 0 aliphatic heterocycles. The first-order valence-electron chi connectivity index (χ1n) is 17.7. The van der Waals surface area contributed by atoms with E-state index in [-0.39, 0.29) is 0 Å². The van der Waals surface area contributed by atoms with Gasteiger partial charge in [0.2, 0.25) is 0 Å². The van der Waals surface area contributed by atoms with Crippen LogP contribution in [0.5, 0.6) is 0 Å². The fourth-order valence-electron chi connectivity index (χ4n) is 7.31. The Labute approximate surface area is 304 Å². The average Bonchev–Trinajstić information content (AvgIpc) is 3.55. The molecule has 0 atom stereocenters. The molecule has 0 saturated carbocycles. The van der Waals surface area contributed by atoms with E-state index in [4.69, 9.17) is 0 Å². The number of hydrogen-bond donors (Lipinski definition) is 0. The van der Waals surface area contributed by atoms with Gasteiger partial charge in [-0.2, -0.15) is 0 Å². The summed E-state index contributed by atoms with van der Waals surface area (Å²) in [6.45, 7) is 3.94. The molecule has 0 N–H and O–H groups in total. The highest BCUT2D eigenvalue weighted by molar-refractivity contribution is 6.12. The first-order valence-corrected chi connectivity index (χ1v) is 17.7. The van der Waals surface area contributed by atoms with Crippen molar-refractivity contribution in [1.29, 1.82) is 0 Å². The summed E-state index contributed by atoms with van der Waals surface area (Å²) >= 11 is 0. The van der Waals surface area contributed by atoms with Crippen LogP contribution in [0.2, 0.25) is 0 Å². The zero-order chi connectivity index (χ0) is 34.9. The fourth-order valence-corrected chi connectivity index (χ4v) is 7.31. The summed E-state index contributed by atoms with van der Waals surface area (Å²) < 4.78 is 2.38. The molecule has 1 heterocycles. The van der Waals surface area contributed by atoms with Gasteiger partial charge in [-0.05, 0) is 106 Å². The summed E-state index contributed by atoms with van der Waals surface area (Å²) in [5, 5.41) is 2.41. The first kappa shape index (κ1) is 31.1. The van der Waals surface area contributed by atoms with E-state index in [9.17, 15) is 0 Å². The summed E-state index contributed by atoms with van der Waals surface area (Å²) in [6, 6.07) is 71.9. The van der Waals surface area contributed by atoms with Gasteiger partial charge < -0.3 is 9.47 Å². The van der Waals surface area contributed by atoms with Gasteiger partial charge in [0.05, 0.1) is 11.0 Å². The lowest BCUT2D eigenvalue weighted by Gasteiger charge is -2.26. The number of rotatable bonds is 8. The Kier molecular flexibility index (Phi) is 8.03. The van der Waals surface area contributed by atoms with Crippen molar-refractivity contribution >= 4 is 44.9 Å². The van der Waals surface area contributed by atoms with E-state index in [0.717, 1.165) is 28.3 Å². The van der Waals surface area contributed by atoms with Crippen LogP contribution in [0, 0.1) is 0 Å². The number of hydrogen-bond acceptors (Lipinski definition) is 1. The molecule has 2 nitrogen and oxygen atoms in total. The van der Waals surface area contributed by atoms with E-state index in [2.05, 4.69) is 216 Å². The summed E-state index contributed by atoms with van der Waals surface area (Å²) in [5.41, 5.74) is 15.1. The minimum Gasteiger partial charge on any atom is -0.310 e. The molecular formula is C50H36N2. The summed E-state index contributed by atoms with van der Waals surface area (Å²) in [6.07, 6.45) is 1.89. The molecule has 0 unspecified atom stereocenters. The Morgan fingerprint density at radius 1 is 0.365 bits per heavy atom. The van der Waals surface area contributed by atoms with E-state index < -0.39 is 0 Å². The lowest BCUT2D eigenvalue weighted by molar-refractivity contribution is 1.18. The SMILES string of the molecule is C=Cc1ccc(-c2ccc3c(c2)c2cc(N(c4ccc(-c5ccccc5)cc4)c4ccc(-c5ccccc5)cc4)ccc2n3-c2ccccc2)cc1. The molecular weight excluding hydrogens is 629 g/mol. The van der Waals surface area contributed by atoms with E-state index in [1.807, 2.05) is 6.08 Å². The predicted octanol–water partition coefficient (Wildman–Crippen LogP) is 13.9. The topological polar surface area (TPSA) is 8.17 Å². The Bertz CT molecular complexity index is 2550. The van der Waals surface area contributed by atoms with Crippen molar-refractivity contribution in [2.24, 2.45) is 0 Å². The number of nitrogens with zero attached hydrogens (tertiary/aromatic N) is 2. The number of benzene rings is 8. The second kappa shape index (κ2) is 13.4. The van der Waals surface area contributed by atoms with Gasteiger partial charge in [-0.25, -0.2) is 0 Å². The maximum atomic E-state index is 3.94. The molecule has 0 aliphatic carbocycles. The van der Waals surface area contributed by atoms with Gasteiger partial charge >= 0.3 is 0 Å². The third-order valence-electron chi connectivity index (χ3n) is 9.97. The highest BCUT2D eigenvalue weighted by Crippen LogP contribution is 2.41. The molecule has 9 rings (SSSR count). The second-order valence-electron chi connectivity index (χ2n) is 13.1. The van der Waals surface area contributed by atoms with E-state index in [0.29, 0.717) is 0 Å². The molecule has 52 heavy (non-hydrogen) atoms. The maximum absolute atomic E-state index is 3.94. The minimum atomic E-state index is 1.10. The van der Waals surface area contributed by atoms with Crippen LogP contribution in [-0.4, -0.2) is 4.57 Å². The summed E-state index contributed by atoms with van der Waals surface area (Å²) in [5.74, 6) is 0. The molecule has 0 fully saturated rings. The van der Waals surface area contributed by atoms with E-state index in [1.54, 1.807) is 0 Å². The molecule has 246 valence electrons. The van der Waals surface area contributed by atoms with Gasteiger partial charge in [-0.1, -0.05) is 146 Å². The van der Waals surface area contributed by atoms with Gasteiger partial charge in [-0.3, -0.25) is 0 Å². The van der Waals surface area contributed by atoms with Crippen molar-refractivity contribution in [3.63, 3.8) is 0 Å². The highest BCUT2D eigenvalue weighted by Gasteiger charge is 2.18. The minimum absolute atomic E-state index is 1.10. The van der Waals surface area contributed by atoms with Crippen molar-refractivity contribution in [1.82, 2.24) is 4.57 Å². The fraction of sp³-hybridized carbons (Fsp3) is 0. The van der Waals surface area contributed by atoms with Gasteiger partial charge in [0.1, 0.15) is 0 Å². The summed E-state index contributed by atoms with van der Waals surface area (Å²) in [7, 11) is 0. The molecule has 0 radical (unpaired) electrons. The molecule has 0 spiro atoms. The van der Waals surface area contributed by atoms with Crippen LogP contribution >= 0.6 is 0 Å². The molecule has 0 aliphatic rings. The van der Waals surface area contributed by atoms with Crippen LogP contribution in [0.25, 0.3) is 66.9 Å². The zero-order valence-electron chi connectivity index (χ0n) is 28.7. The maximum Gasteiger partial charge on any atom is 0.0542 e. The van der Waals surface area contributed by atoms with Crippen molar-refractivity contribution in [3.8, 4) is 39.1 Å². The standard InChI is InChI=1S/C50H36N2/c1-2-36-18-20-41(21-19-36)42-26-32-49-47(34-42)48-35-46(31-33-50(48)52(49)43-16-10-5-11-17-43)51(44-27-22-39(23-28-44)37-12-6-3-7-13-37)45-29-24-40(25-30-45)38-14-8-4-9-15-38/h2-35H,1H2. The molecule has 0 saturated heterocycles. The van der Waals surface area contributed by atoms with E-state index in [1.165, 1.54) is 55.2 Å². The number of aromatic nitrogens is 1. The third kappa shape index (κ3) is 5.77. The number of fused-ring (bicyclic) bond motifs is 3. The Hall–Kier alpha value is -6.90. The molecule has 0 bridgehead atoms. The van der Waals surface area contributed by atoms with Gasteiger partial charge in [0.15, 0.2) is 0 Å². The van der Waals surface area contributed by atoms with Gasteiger partial charge in [0, 0.05) is 33.5 Å². The van der Waals surface area contributed by atoms with Crippen molar-refractivity contribution in [3.05, 3.63) is 212 Å².